The van der Waals surface area contributed by atoms with Crippen LogP contribution in [-0.4, -0.2) is 5.75 Å². The van der Waals surface area contributed by atoms with E-state index in [0.717, 1.165) is 12.3 Å². The fraction of sp³-hybridized carbons (Fsp3) is 0.182. The molecule has 0 bridgehead atoms. The van der Waals surface area contributed by atoms with Crippen molar-refractivity contribution in [3.05, 3.63) is 102 Å². The zero-order chi connectivity index (χ0) is 16.6. The normalized spacial score (nSPS) is 12.0. The first-order chi connectivity index (χ1) is 11.9. The lowest BCUT2D eigenvalue weighted by Crippen LogP contribution is -2.22. The summed E-state index contributed by atoms with van der Waals surface area (Å²) < 4.78 is 0. The molecule has 1 N–H and O–H groups in total. The third kappa shape index (κ3) is 4.28. The average molecular weight is 334 g/mol. The second kappa shape index (κ2) is 8.72. The van der Waals surface area contributed by atoms with Gasteiger partial charge in [-0.3, -0.25) is 0 Å². The third-order valence-corrected chi connectivity index (χ3v) is 4.99. The summed E-state index contributed by atoms with van der Waals surface area (Å²) in [6, 6.07) is 30.2. The molecule has 0 amide bonds. The summed E-state index contributed by atoms with van der Waals surface area (Å²) in [7, 11) is 0. The number of benzene rings is 3. The van der Waals surface area contributed by atoms with Crippen LogP contribution in [0.1, 0.15) is 29.7 Å². The minimum Gasteiger partial charge on any atom is -0.302 e. The zero-order valence-corrected chi connectivity index (χ0v) is 14.8. The van der Waals surface area contributed by atoms with E-state index in [-0.39, 0.29) is 6.04 Å². The summed E-state index contributed by atoms with van der Waals surface area (Å²) in [5.74, 6) is 1.08. The van der Waals surface area contributed by atoms with Gasteiger partial charge in [-0.05, 0) is 28.5 Å². The van der Waals surface area contributed by atoms with Gasteiger partial charge in [0.2, 0.25) is 0 Å². The van der Waals surface area contributed by atoms with Crippen LogP contribution < -0.4 is 5.32 Å². The van der Waals surface area contributed by atoms with Gasteiger partial charge in [0.15, 0.2) is 0 Å². The molecule has 3 aromatic carbocycles. The summed E-state index contributed by atoms with van der Waals surface area (Å²) in [5, 5.41) is 3.75. The van der Waals surface area contributed by atoms with Gasteiger partial charge in [0.05, 0.1) is 6.04 Å². The monoisotopic (exact) mass is 333 g/mol. The van der Waals surface area contributed by atoms with Crippen LogP contribution in [0.3, 0.4) is 0 Å². The van der Waals surface area contributed by atoms with Gasteiger partial charge in [0.25, 0.3) is 0 Å². The van der Waals surface area contributed by atoms with E-state index in [0.29, 0.717) is 0 Å². The largest absolute Gasteiger partial charge is 0.302 e. The highest BCUT2D eigenvalue weighted by molar-refractivity contribution is 7.99. The van der Waals surface area contributed by atoms with E-state index < -0.39 is 0 Å². The summed E-state index contributed by atoms with van der Waals surface area (Å²) >= 11 is 1.91. The van der Waals surface area contributed by atoms with Crippen LogP contribution >= 0.6 is 11.8 Å². The van der Waals surface area contributed by atoms with Gasteiger partial charge in [-0.25, -0.2) is 0 Å². The summed E-state index contributed by atoms with van der Waals surface area (Å²) in [5.41, 5.74) is 3.96. The first-order valence-corrected chi connectivity index (χ1v) is 9.41. The quantitative estimate of drug-likeness (QED) is 0.558. The Morgan fingerprint density at radius 3 is 2.12 bits per heavy atom. The number of thioether (sulfide) groups is 1. The van der Waals surface area contributed by atoms with E-state index in [1.807, 2.05) is 11.8 Å². The zero-order valence-electron chi connectivity index (χ0n) is 14.0. The van der Waals surface area contributed by atoms with Crippen molar-refractivity contribution in [1.82, 2.24) is 5.32 Å². The van der Waals surface area contributed by atoms with Crippen molar-refractivity contribution in [2.24, 2.45) is 0 Å². The molecule has 2 heteroatoms. The highest BCUT2D eigenvalue weighted by Crippen LogP contribution is 2.31. The van der Waals surface area contributed by atoms with Crippen molar-refractivity contribution in [2.45, 2.75) is 24.4 Å². The van der Waals surface area contributed by atoms with E-state index in [4.69, 9.17) is 0 Å². The van der Waals surface area contributed by atoms with Crippen LogP contribution in [-0.2, 0) is 6.54 Å². The molecular weight excluding hydrogens is 310 g/mol. The molecule has 122 valence electrons. The summed E-state index contributed by atoms with van der Waals surface area (Å²) in [6.45, 7) is 3.06. The van der Waals surface area contributed by atoms with E-state index in [2.05, 4.69) is 97.2 Å². The van der Waals surface area contributed by atoms with Crippen molar-refractivity contribution in [3.63, 3.8) is 0 Å². The maximum atomic E-state index is 3.75. The third-order valence-electron chi connectivity index (χ3n) is 4.02. The molecule has 0 saturated heterocycles. The van der Waals surface area contributed by atoms with Crippen LogP contribution in [0.5, 0.6) is 0 Å². The molecule has 0 aliphatic heterocycles. The van der Waals surface area contributed by atoms with Gasteiger partial charge < -0.3 is 5.32 Å². The number of hydrogen-bond donors (Lipinski definition) is 1. The molecule has 0 heterocycles. The van der Waals surface area contributed by atoms with Gasteiger partial charge in [-0.1, -0.05) is 85.8 Å². The second-order valence-corrected chi connectivity index (χ2v) is 6.99. The lowest BCUT2D eigenvalue weighted by atomic mass is 9.98. The summed E-state index contributed by atoms with van der Waals surface area (Å²) in [4.78, 5) is 1.36. The minimum absolute atomic E-state index is 0.196. The Labute approximate surface area is 149 Å². The summed E-state index contributed by atoms with van der Waals surface area (Å²) in [6.07, 6.45) is 0. The van der Waals surface area contributed by atoms with Crippen LogP contribution in [0, 0.1) is 0 Å². The van der Waals surface area contributed by atoms with E-state index in [1.165, 1.54) is 21.6 Å². The molecule has 0 saturated carbocycles. The van der Waals surface area contributed by atoms with Gasteiger partial charge >= 0.3 is 0 Å². The molecule has 0 aromatic heterocycles. The first kappa shape index (κ1) is 16.8. The van der Waals surface area contributed by atoms with Crippen molar-refractivity contribution < 1.29 is 0 Å². The van der Waals surface area contributed by atoms with Crippen molar-refractivity contribution in [3.8, 4) is 0 Å². The fourth-order valence-electron chi connectivity index (χ4n) is 2.87. The molecule has 1 nitrogen and oxygen atoms in total. The Hall–Kier alpha value is -2.03. The topological polar surface area (TPSA) is 12.0 Å². The Morgan fingerprint density at radius 1 is 0.792 bits per heavy atom. The van der Waals surface area contributed by atoms with Gasteiger partial charge in [-0.15, -0.1) is 11.8 Å². The molecule has 1 unspecified atom stereocenters. The Kier molecular flexibility index (Phi) is 6.11. The van der Waals surface area contributed by atoms with Crippen LogP contribution in [0.4, 0.5) is 0 Å². The minimum atomic E-state index is 0.196. The standard InChI is InChI=1S/C22H23NS/c1-2-24-21-16-10-9-15-20(21)22(19-13-7-4-8-14-19)23-17-18-11-5-3-6-12-18/h3-16,22-23H,2,17H2,1H3. The van der Waals surface area contributed by atoms with Crippen molar-refractivity contribution in [1.29, 1.82) is 0 Å². The molecule has 0 fully saturated rings. The molecular formula is C22H23NS. The lowest BCUT2D eigenvalue weighted by Gasteiger charge is -2.22. The number of hydrogen-bond acceptors (Lipinski definition) is 2. The maximum absolute atomic E-state index is 3.75. The maximum Gasteiger partial charge on any atom is 0.0590 e. The lowest BCUT2D eigenvalue weighted by molar-refractivity contribution is 0.597. The van der Waals surface area contributed by atoms with Crippen LogP contribution in [0.25, 0.3) is 0 Å². The predicted molar refractivity (Wildman–Crippen MR) is 104 cm³/mol. The molecule has 3 rings (SSSR count). The molecule has 3 aromatic rings. The Bertz CT molecular complexity index is 740. The van der Waals surface area contributed by atoms with Crippen LogP contribution in [0.15, 0.2) is 89.8 Å². The number of rotatable bonds is 7. The number of nitrogens with one attached hydrogen (secondary N) is 1. The molecule has 0 aliphatic carbocycles. The van der Waals surface area contributed by atoms with E-state index in [1.54, 1.807) is 0 Å². The van der Waals surface area contributed by atoms with E-state index >= 15 is 0 Å². The Balaban J connectivity index is 1.91. The SMILES string of the molecule is CCSc1ccccc1C(NCc1ccccc1)c1ccccc1. The van der Waals surface area contributed by atoms with E-state index in [9.17, 15) is 0 Å². The van der Waals surface area contributed by atoms with Gasteiger partial charge in [-0.2, -0.15) is 0 Å². The Morgan fingerprint density at radius 2 is 1.42 bits per heavy atom. The molecule has 0 spiro atoms. The second-order valence-electron chi connectivity index (χ2n) is 5.68. The molecule has 1 atom stereocenters. The van der Waals surface area contributed by atoms with Crippen LogP contribution in [0.2, 0.25) is 0 Å². The molecule has 0 radical (unpaired) electrons. The van der Waals surface area contributed by atoms with Crippen molar-refractivity contribution >= 4 is 11.8 Å². The predicted octanol–water partition coefficient (Wildman–Crippen LogP) is 5.68. The van der Waals surface area contributed by atoms with Crippen molar-refractivity contribution in [2.75, 3.05) is 5.75 Å². The molecule has 24 heavy (non-hydrogen) atoms. The van der Waals surface area contributed by atoms with Gasteiger partial charge in [0.1, 0.15) is 0 Å². The highest BCUT2D eigenvalue weighted by Gasteiger charge is 2.16. The molecule has 0 aliphatic rings. The average Bonchev–Trinajstić information content (AvgIpc) is 2.65. The highest BCUT2D eigenvalue weighted by atomic mass is 32.2. The van der Waals surface area contributed by atoms with Gasteiger partial charge in [0, 0.05) is 11.4 Å². The smallest absolute Gasteiger partial charge is 0.0590 e. The fourth-order valence-corrected chi connectivity index (χ4v) is 3.71. The first-order valence-electron chi connectivity index (χ1n) is 8.42.